The first kappa shape index (κ1) is 19.3. The summed E-state index contributed by atoms with van der Waals surface area (Å²) in [6.07, 6.45) is 1.81. The maximum Gasteiger partial charge on any atom is 0.281 e. The van der Waals surface area contributed by atoms with Crippen molar-refractivity contribution in [2.24, 2.45) is 0 Å². The summed E-state index contributed by atoms with van der Waals surface area (Å²) in [6.45, 7) is 9.88. The van der Waals surface area contributed by atoms with E-state index < -0.39 is 10.2 Å². The summed E-state index contributed by atoms with van der Waals surface area (Å²) in [7, 11) is -0.168. The van der Waals surface area contributed by atoms with Gasteiger partial charge in [0.1, 0.15) is 5.65 Å². The van der Waals surface area contributed by atoms with E-state index in [-0.39, 0.29) is 5.41 Å². The van der Waals surface area contributed by atoms with Crippen molar-refractivity contribution < 1.29 is 8.42 Å². The molecular weight excluding hydrogens is 350 g/mol. The highest BCUT2D eigenvalue weighted by Gasteiger charge is 2.30. The quantitative estimate of drug-likeness (QED) is 0.879. The van der Waals surface area contributed by atoms with E-state index in [1.165, 1.54) is 15.6 Å². The minimum Gasteiger partial charge on any atom is -0.342 e. The average Bonchev–Trinajstić information content (AvgIpc) is 2.94. The van der Waals surface area contributed by atoms with E-state index in [2.05, 4.69) is 41.7 Å². The van der Waals surface area contributed by atoms with Gasteiger partial charge in [0, 0.05) is 69.5 Å². The Morgan fingerprint density at radius 2 is 1.85 bits per heavy atom. The van der Waals surface area contributed by atoms with Crippen LogP contribution in [-0.2, 0) is 22.2 Å². The topological polar surface area (TPSA) is 72.5 Å². The van der Waals surface area contributed by atoms with Gasteiger partial charge in [0.2, 0.25) is 0 Å². The van der Waals surface area contributed by atoms with Crippen molar-refractivity contribution in [3.8, 4) is 0 Å². The highest BCUT2D eigenvalue weighted by molar-refractivity contribution is 7.86. The smallest absolute Gasteiger partial charge is 0.281 e. The van der Waals surface area contributed by atoms with E-state index in [4.69, 9.17) is 0 Å². The number of hydrogen-bond donors (Lipinski definition) is 1. The molecule has 2 aromatic rings. The van der Waals surface area contributed by atoms with Crippen molar-refractivity contribution in [2.75, 3.05) is 40.3 Å². The molecule has 0 atom stereocenters. The second kappa shape index (κ2) is 6.92. The lowest BCUT2D eigenvalue weighted by molar-refractivity contribution is 0.177. The third-order valence-electron chi connectivity index (χ3n) is 4.93. The molecule has 1 saturated heterocycles. The van der Waals surface area contributed by atoms with E-state index in [0.717, 1.165) is 30.7 Å². The maximum absolute atomic E-state index is 12.3. The molecule has 144 valence electrons. The second-order valence-corrected chi connectivity index (χ2v) is 10.2. The summed E-state index contributed by atoms with van der Waals surface area (Å²) in [4.78, 5) is 10.3. The molecule has 26 heavy (non-hydrogen) atoms. The predicted octanol–water partition coefficient (Wildman–Crippen LogP) is 1.78. The van der Waals surface area contributed by atoms with Crippen LogP contribution in [0.5, 0.6) is 0 Å². The molecule has 0 unspecified atom stereocenters. The van der Waals surface area contributed by atoms with Gasteiger partial charge in [-0.2, -0.15) is 17.0 Å². The fraction of sp³-hybridized carbons (Fsp3) is 0.611. The van der Waals surface area contributed by atoms with Crippen LogP contribution in [0.3, 0.4) is 0 Å². The third-order valence-corrected chi connectivity index (χ3v) is 6.87. The number of pyridine rings is 1. The molecule has 7 nitrogen and oxygen atoms in total. The van der Waals surface area contributed by atoms with Crippen LogP contribution < -0.4 is 0 Å². The molecule has 2 aromatic heterocycles. The van der Waals surface area contributed by atoms with Crippen LogP contribution in [0.25, 0.3) is 11.0 Å². The first-order chi connectivity index (χ1) is 12.1. The zero-order valence-electron chi connectivity index (χ0n) is 16.3. The molecule has 0 aliphatic carbocycles. The van der Waals surface area contributed by atoms with Crippen LogP contribution in [-0.4, -0.2) is 72.2 Å². The number of rotatable bonds is 4. The molecule has 0 radical (unpaired) electrons. The maximum atomic E-state index is 12.3. The normalized spacial score (nSPS) is 18.1. The Hall–Kier alpha value is -1.48. The number of aromatic amines is 1. The first-order valence-electron chi connectivity index (χ1n) is 8.96. The van der Waals surface area contributed by atoms with Crippen molar-refractivity contribution in [3.05, 3.63) is 29.6 Å². The van der Waals surface area contributed by atoms with Gasteiger partial charge < -0.3 is 4.98 Å². The number of nitrogens with zero attached hydrogens (tertiary/aromatic N) is 4. The van der Waals surface area contributed by atoms with Crippen molar-refractivity contribution in [1.29, 1.82) is 0 Å². The highest BCUT2D eigenvalue weighted by atomic mass is 32.2. The van der Waals surface area contributed by atoms with Crippen LogP contribution in [0.2, 0.25) is 0 Å². The minimum atomic E-state index is -3.33. The summed E-state index contributed by atoms with van der Waals surface area (Å²) in [5.74, 6) is 0. The molecule has 3 heterocycles. The molecule has 0 bridgehead atoms. The van der Waals surface area contributed by atoms with Gasteiger partial charge in [0.05, 0.1) is 0 Å². The summed E-state index contributed by atoms with van der Waals surface area (Å²) in [5.41, 5.74) is 3.38. The molecule has 1 N–H and O–H groups in total. The molecular formula is C18H29N5O2S. The number of piperazine rings is 1. The van der Waals surface area contributed by atoms with Gasteiger partial charge in [-0.3, -0.25) is 4.90 Å². The van der Waals surface area contributed by atoms with E-state index in [1.54, 1.807) is 24.6 Å². The standard InChI is InChI=1S/C18H29N5O2S/c1-18(2,3)16-15(14-7-6-8-19-17(14)20-16)13-22-9-11-23(12-10-22)26(24,25)21(4)5/h6-8H,9-13H2,1-5H3,(H,19,20). The molecule has 8 heteroatoms. The van der Waals surface area contributed by atoms with Gasteiger partial charge in [0.15, 0.2) is 0 Å². The molecule has 1 aliphatic heterocycles. The number of nitrogens with one attached hydrogen (secondary N) is 1. The van der Waals surface area contributed by atoms with Gasteiger partial charge in [-0.25, -0.2) is 4.98 Å². The Kier molecular flexibility index (Phi) is 5.13. The van der Waals surface area contributed by atoms with Crippen molar-refractivity contribution in [2.45, 2.75) is 32.7 Å². The van der Waals surface area contributed by atoms with Crippen LogP contribution in [0.15, 0.2) is 18.3 Å². The lowest BCUT2D eigenvalue weighted by Gasteiger charge is -2.35. The van der Waals surface area contributed by atoms with E-state index in [1.807, 2.05) is 6.07 Å². The van der Waals surface area contributed by atoms with E-state index in [9.17, 15) is 8.42 Å². The second-order valence-electron chi connectivity index (χ2n) is 8.09. The SMILES string of the molecule is CN(C)S(=O)(=O)N1CCN(Cc2c(C(C)(C)C)[nH]c3ncccc23)CC1. The fourth-order valence-electron chi connectivity index (χ4n) is 3.45. The van der Waals surface area contributed by atoms with E-state index >= 15 is 0 Å². The van der Waals surface area contributed by atoms with Gasteiger partial charge in [0.25, 0.3) is 10.2 Å². The van der Waals surface area contributed by atoms with Crippen molar-refractivity contribution in [1.82, 2.24) is 23.5 Å². The monoisotopic (exact) mass is 379 g/mol. The van der Waals surface area contributed by atoms with E-state index in [0.29, 0.717) is 13.1 Å². The number of fused-ring (bicyclic) bond motifs is 1. The largest absolute Gasteiger partial charge is 0.342 e. The molecule has 0 spiro atoms. The third kappa shape index (κ3) is 3.64. The summed E-state index contributed by atoms with van der Waals surface area (Å²) < 4.78 is 27.4. The lowest BCUT2D eigenvalue weighted by Crippen LogP contribution is -2.51. The van der Waals surface area contributed by atoms with Crippen LogP contribution >= 0.6 is 0 Å². The van der Waals surface area contributed by atoms with Gasteiger partial charge in [-0.15, -0.1) is 0 Å². The van der Waals surface area contributed by atoms with Gasteiger partial charge in [-0.1, -0.05) is 20.8 Å². The summed E-state index contributed by atoms with van der Waals surface area (Å²) in [6, 6.07) is 4.07. The minimum absolute atomic E-state index is 0.00782. The zero-order chi connectivity index (χ0) is 19.1. The molecule has 0 aromatic carbocycles. The number of aromatic nitrogens is 2. The van der Waals surface area contributed by atoms with Crippen LogP contribution in [0.1, 0.15) is 32.0 Å². The molecule has 0 saturated carbocycles. The average molecular weight is 380 g/mol. The summed E-state index contributed by atoms with van der Waals surface area (Å²) in [5, 5.41) is 1.15. The van der Waals surface area contributed by atoms with Gasteiger partial charge >= 0.3 is 0 Å². The number of H-pyrrole nitrogens is 1. The van der Waals surface area contributed by atoms with Crippen molar-refractivity contribution in [3.63, 3.8) is 0 Å². The van der Waals surface area contributed by atoms with Crippen molar-refractivity contribution >= 4 is 21.2 Å². The molecule has 0 amide bonds. The lowest BCUT2D eigenvalue weighted by atomic mass is 9.88. The zero-order valence-corrected chi connectivity index (χ0v) is 17.1. The molecule has 3 rings (SSSR count). The number of hydrogen-bond acceptors (Lipinski definition) is 4. The summed E-state index contributed by atoms with van der Waals surface area (Å²) >= 11 is 0. The molecule has 1 aliphatic rings. The Morgan fingerprint density at radius 3 is 2.42 bits per heavy atom. The Balaban J connectivity index is 1.81. The van der Waals surface area contributed by atoms with Crippen LogP contribution in [0.4, 0.5) is 0 Å². The first-order valence-corrected chi connectivity index (χ1v) is 10.4. The predicted molar refractivity (Wildman–Crippen MR) is 104 cm³/mol. The van der Waals surface area contributed by atoms with Crippen LogP contribution in [0, 0.1) is 0 Å². The Bertz CT molecular complexity index is 875. The highest BCUT2D eigenvalue weighted by Crippen LogP contribution is 2.31. The Morgan fingerprint density at radius 1 is 1.19 bits per heavy atom. The molecule has 1 fully saturated rings. The Labute approximate surface area is 156 Å². The fourth-order valence-corrected chi connectivity index (χ4v) is 4.54. The van der Waals surface area contributed by atoms with Gasteiger partial charge in [-0.05, 0) is 17.7 Å².